The second-order valence-electron chi connectivity index (χ2n) is 13.9. The monoisotopic (exact) mass is 838 g/mol. The molecule has 0 aromatic carbocycles. The number of ether oxygens (including phenoxy) is 2. The van der Waals surface area contributed by atoms with E-state index in [2.05, 4.69) is 35.0 Å². The van der Waals surface area contributed by atoms with Gasteiger partial charge in [0.25, 0.3) is 0 Å². The summed E-state index contributed by atoms with van der Waals surface area (Å²) in [5.41, 5.74) is 0. The van der Waals surface area contributed by atoms with Crippen molar-refractivity contribution in [2.45, 2.75) is 174 Å². The summed E-state index contributed by atoms with van der Waals surface area (Å²) in [6, 6.07) is 0. The molecule has 0 aromatic heterocycles. The largest absolute Gasteiger partial charge is 0.472 e. The van der Waals surface area contributed by atoms with Crippen molar-refractivity contribution < 1.29 is 66.3 Å². The Bertz CT molecular complexity index is 1200. The van der Waals surface area contributed by atoms with Crippen LogP contribution in [0.3, 0.4) is 0 Å². The minimum absolute atomic E-state index is 0.104. The number of unbranched alkanes of at least 4 members (excludes halogenated alkanes) is 16. The van der Waals surface area contributed by atoms with Crippen LogP contribution in [0.5, 0.6) is 0 Å². The third-order valence-electron chi connectivity index (χ3n) is 8.47. The number of phosphoric ester groups is 2. The van der Waals surface area contributed by atoms with Gasteiger partial charge in [-0.3, -0.25) is 28.0 Å². The van der Waals surface area contributed by atoms with Gasteiger partial charge in [0.2, 0.25) is 0 Å². The summed E-state index contributed by atoms with van der Waals surface area (Å²) in [6.45, 7) is 1.52. The van der Waals surface area contributed by atoms with E-state index in [0.29, 0.717) is 19.3 Å². The first-order chi connectivity index (χ1) is 26.8. The van der Waals surface area contributed by atoms with Crippen LogP contribution in [-0.2, 0) is 46.6 Å². The van der Waals surface area contributed by atoms with Gasteiger partial charge in [0.15, 0.2) is 11.9 Å². The first kappa shape index (κ1) is 54.0. The van der Waals surface area contributed by atoms with E-state index >= 15 is 0 Å². The van der Waals surface area contributed by atoms with E-state index in [1.165, 1.54) is 25.7 Å². The van der Waals surface area contributed by atoms with Crippen LogP contribution < -0.4 is 0 Å². The predicted octanol–water partition coefficient (Wildman–Crippen LogP) is 9.29. The summed E-state index contributed by atoms with van der Waals surface area (Å²) in [5.74, 6) is -0.953. The summed E-state index contributed by atoms with van der Waals surface area (Å²) >= 11 is 0. The molecule has 56 heavy (non-hydrogen) atoms. The van der Waals surface area contributed by atoms with Gasteiger partial charge in [-0.15, -0.1) is 0 Å². The maximum Gasteiger partial charge on any atom is 0.472 e. The summed E-state index contributed by atoms with van der Waals surface area (Å²) < 4.78 is 47.6. The van der Waals surface area contributed by atoms with Crippen LogP contribution in [0, 0.1) is 0 Å². The molecule has 1 unspecified atom stereocenters. The molecule has 0 bridgehead atoms. The average Bonchev–Trinajstić information content (AvgIpc) is 3.15. The second kappa shape index (κ2) is 36.1. The number of carbonyl (C=O) groups excluding carboxylic acids is 3. The first-order valence-corrected chi connectivity index (χ1v) is 23.7. The highest BCUT2D eigenvalue weighted by molar-refractivity contribution is 7.47. The fourth-order valence-electron chi connectivity index (χ4n) is 5.26. The molecule has 14 nitrogen and oxygen atoms in total. The predicted molar refractivity (Wildman–Crippen MR) is 217 cm³/mol. The van der Waals surface area contributed by atoms with Crippen molar-refractivity contribution in [1.82, 2.24) is 0 Å². The number of carbonyl (C=O) groups is 3. The van der Waals surface area contributed by atoms with Crippen LogP contribution in [0.4, 0.5) is 0 Å². The van der Waals surface area contributed by atoms with Crippen LogP contribution in [-0.4, -0.2) is 76.1 Å². The number of rotatable bonds is 39. The molecule has 3 atom stereocenters. The highest BCUT2D eigenvalue weighted by Gasteiger charge is 2.28. The van der Waals surface area contributed by atoms with E-state index < -0.39 is 66.2 Å². The molecule has 0 amide bonds. The number of phosphoric acid groups is 2. The van der Waals surface area contributed by atoms with E-state index in [9.17, 15) is 33.5 Å². The Hall–Kier alpha value is -1.99. The number of allylic oxidation sites excluding steroid dienone is 6. The lowest BCUT2D eigenvalue weighted by Gasteiger charge is -2.20. The van der Waals surface area contributed by atoms with Gasteiger partial charge >= 0.3 is 27.6 Å². The molecule has 16 heteroatoms. The van der Waals surface area contributed by atoms with E-state index in [-0.39, 0.29) is 18.6 Å². The Balaban J connectivity index is 4.62. The van der Waals surface area contributed by atoms with Gasteiger partial charge in [0, 0.05) is 19.3 Å². The molecule has 4 N–H and O–H groups in total. The molecule has 326 valence electrons. The van der Waals surface area contributed by atoms with Crippen molar-refractivity contribution in [3.8, 4) is 0 Å². The Morgan fingerprint density at radius 3 is 1.64 bits per heavy atom. The molecule has 0 aliphatic carbocycles. The number of esters is 2. The minimum atomic E-state index is -4.87. The zero-order valence-electron chi connectivity index (χ0n) is 34.0. The SMILES string of the molecule is CCCCCC/C=C\CCCCCCCC(=O)O[C@H](COC(=O)CCCCCCC/C=C\C=C\C(=O)CCCCC)COP(=O)(O)OC[C@@H](O)COP(=O)(O)O. The van der Waals surface area contributed by atoms with Gasteiger partial charge in [-0.1, -0.05) is 115 Å². The smallest absolute Gasteiger partial charge is 0.462 e. The highest BCUT2D eigenvalue weighted by atomic mass is 31.2. The van der Waals surface area contributed by atoms with Crippen LogP contribution in [0.2, 0.25) is 0 Å². The van der Waals surface area contributed by atoms with Gasteiger partial charge in [-0.2, -0.15) is 0 Å². The zero-order chi connectivity index (χ0) is 41.8. The number of aliphatic hydroxyl groups is 1. The molecule has 0 aliphatic heterocycles. The number of ketones is 1. The van der Waals surface area contributed by atoms with Gasteiger partial charge < -0.3 is 29.3 Å². The number of hydrogen-bond acceptors (Lipinski definition) is 11. The fraction of sp³-hybridized carbons (Fsp3) is 0.775. The highest BCUT2D eigenvalue weighted by Crippen LogP contribution is 2.43. The van der Waals surface area contributed by atoms with Crippen LogP contribution >= 0.6 is 15.6 Å². The molecule has 0 aromatic rings. The van der Waals surface area contributed by atoms with Gasteiger partial charge in [-0.25, -0.2) is 9.13 Å². The lowest BCUT2D eigenvalue weighted by atomic mass is 10.1. The Morgan fingerprint density at radius 1 is 0.554 bits per heavy atom. The zero-order valence-corrected chi connectivity index (χ0v) is 35.8. The van der Waals surface area contributed by atoms with E-state index in [0.717, 1.165) is 89.9 Å². The topological polar surface area (TPSA) is 212 Å². The van der Waals surface area contributed by atoms with E-state index in [1.807, 2.05) is 12.2 Å². The molecule has 0 heterocycles. The fourth-order valence-corrected chi connectivity index (χ4v) is 6.42. The normalized spacial score (nSPS) is 14.4. The Labute approximate surface area is 335 Å². The maximum absolute atomic E-state index is 12.6. The van der Waals surface area contributed by atoms with Gasteiger partial charge in [-0.05, 0) is 63.9 Å². The summed E-state index contributed by atoms with van der Waals surface area (Å²) in [4.78, 5) is 64.3. The van der Waals surface area contributed by atoms with E-state index in [1.54, 1.807) is 12.2 Å². The van der Waals surface area contributed by atoms with Crippen molar-refractivity contribution in [3.05, 3.63) is 36.5 Å². The van der Waals surface area contributed by atoms with Gasteiger partial charge in [0.1, 0.15) is 12.7 Å². The summed E-state index contributed by atoms with van der Waals surface area (Å²) in [7, 11) is -9.69. The van der Waals surface area contributed by atoms with Crippen LogP contribution in [0.1, 0.15) is 162 Å². The van der Waals surface area contributed by atoms with Crippen molar-refractivity contribution >= 4 is 33.4 Å². The molecule has 0 saturated carbocycles. The quantitative estimate of drug-likeness (QED) is 0.0113. The molecule has 0 radical (unpaired) electrons. The van der Waals surface area contributed by atoms with Crippen molar-refractivity contribution in [1.29, 1.82) is 0 Å². The van der Waals surface area contributed by atoms with Crippen molar-refractivity contribution in [2.75, 3.05) is 26.4 Å². The van der Waals surface area contributed by atoms with Crippen LogP contribution in [0.25, 0.3) is 0 Å². The standard InChI is InChI=1S/C40H72O14P2/c1-3-5-7-8-9-10-11-12-13-16-20-23-27-31-40(44)54-38(35-53-56(48,49)52-33-37(42)32-51-55(45,46)47)34-50-39(43)30-26-22-19-17-14-15-18-21-25-29-36(41)28-24-6-4-2/h10-11,18,21,25,29,37-38,42H,3-9,12-17,19-20,22-24,26-28,30-35H2,1-2H3,(H,48,49)(H2,45,46,47)/b11-10-,21-18-,29-25+/t37-,38+/m0/s1. The molecular formula is C40H72O14P2. The van der Waals surface area contributed by atoms with Crippen molar-refractivity contribution in [3.63, 3.8) is 0 Å². The minimum Gasteiger partial charge on any atom is -0.462 e. The third kappa shape index (κ3) is 38.9. The number of hydrogen-bond donors (Lipinski definition) is 4. The summed E-state index contributed by atoms with van der Waals surface area (Å²) in [6.07, 6.45) is 29.8. The summed E-state index contributed by atoms with van der Waals surface area (Å²) in [5, 5.41) is 9.72. The molecule has 0 spiro atoms. The molecule has 0 rings (SSSR count). The average molecular weight is 839 g/mol. The third-order valence-corrected chi connectivity index (χ3v) is 9.90. The lowest BCUT2D eigenvalue weighted by Crippen LogP contribution is -2.30. The lowest BCUT2D eigenvalue weighted by molar-refractivity contribution is -0.161. The maximum atomic E-state index is 12.6. The Morgan fingerprint density at radius 2 is 1.04 bits per heavy atom. The number of aliphatic hydroxyl groups excluding tert-OH is 1. The van der Waals surface area contributed by atoms with Crippen LogP contribution in [0.15, 0.2) is 36.5 Å². The molecule has 0 saturated heterocycles. The molecule has 0 fully saturated rings. The van der Waals surface area contributed by atoms with Gasteiger partial charge in [0.05, 0.1) is 19.8 Å². The second-order valence-corrected chi connectivity index (χ2v) is 16.6. The molecular weight excluding hydrogens is 766 g/mol. The first-order valence-electron chi connectivity index (χ1n) is 20.6. The van der Waals surface area contributed by atoms with Crippen molar-refractivity contribution in [2.24, 2.45) is 0 Å². The molecule has 0 aliphatic rings. The Kier molecular flexibility index (Phi) is 34.8. The van der Waals surface area contributed by atoms with E-state index in [4.69, 9.17) is 23.8 Å².